The van der Waals surface area contributed by atoms with Gasteiger partial charge in [-0.25, -0.2) is 8.42 Å². The third kappa shape index (κ3) is 3.10. The van der Waals surface area contributed by atoms with E-state index in [4.69, 9.17) is 5.73 Å². The average Bonchev–Trinajstić information content (AvgIpc) is 2.31. The van der Waals surface area contributed by atoms with Crippen molar-refractivity contribution in [2.75, 3.05) is 18.8 Å². The van der Waals surface area contributed by atoms with E-state index in [0.29, 0.717) is 36.1 Å². The first-order valence-electron chi connectivity index (χ1n) is 6.00. The highest BCUT2D eigenvalue weighted by atomic mass is 79.9. The van der Waals surface area contributed by atoms with Crippen molar-refractivity contribution in [2.45, 2.75) is 30.3 Å². The smallest absolute Gasteiger partial charge is 0.244 e. The number of sulfonamides is 1. The summed E-state index contributed by atoms with van der Waals surface area (Å²) in [6.07, 6.45) is 0.873. The highest BCUT2D eigenvalue weighted by Gasteiger charge is 2.34. The number of benzene rings is 1. The molecule has 5 nitrogen and oxygen atoms in total. The van der Waals surface area contributed by atoms with Crippen LogP contribution >= 0.6 is 15.9 Å². The lowest BCUT2D eigenvalue weighted by atomic mass is 9.95. The molecule has 1 heterocycles. The summed E-state index contributed by atoms with van der Waals surface area (Å²) in [5.74, 6) is 0. The Morgan fingerprint density at radius 1 is 1.37 bits per heavy atom. The van der Waals surface area contributed by atoms with Crippen LogP contribution in [0.25, 0.3) is 0 Å². The second-order valence-corrected chi connectivity index (χ2v) is 7.85. The average molecular weight is 349 g/mol. The van der Waals surface area contributed by atoms with Gasteiger partial charge in [-0.3, -0.25) is 0 Å². The van der Waals surface area contributed by atoms with Gasteiger partial charge in [0.05, 0.1) is 10.5 Å². The van der Waals surface area contributed by atoms with Crippen molar-refractivity contribution < 1.29 is 13.5 Å². The van der Waals surface area contributed by atoms with E-state index >= 15 is 0 Å². The van der Waals surface area contributed by atoms with E-state index in [1.54, 1.807) is 19.1 Å². The minimum atomic E-state index is -3.57. The maximum absolute atomic E-state index is 12.5. The van der Waals surface area contributed by atoms with Crippen LogP contribution in [0.2, 0.25) is 0 Å². The van der Waals surface area contributed by atoms with Crippen molar-refractivity contribution >= 4 is 31.6 Å². The first-order chi connectivity index (χ1) is 8.72. The van der Waals surface area contributed by atoms with Gasteiger partial charge in [0.25, 0.3) is 0 Å². The number of nitrogens with zero attached hydrogens (tertiary/aromatic N) is 1. The Bertz CT molecular complexity index is 577. The molecular formula is C12H17BrN2O3S. The second-order valence-electron chi connectivity index (χ2n) is 5.09. The van der Waals surface area contributed by atoms with Crippen LogP contribution < -0.4 is 5.73 Å². The van der Waals surface area contributed by atoms with Crippen molar-refractivity contribution in [3.05, 3.63) is 22.7 Å². The van der Waals surface area contributed by atoms with E-state index in [1.807, 2.05) is 0 Å². The standard InChI is InChI=1S/C12H17BrN2O3S/c1-12(16)4-6-15(7-5-12)19(17,18)11-8-9(14)2-3-10(11)13/h2-3,8,16H,4-7,14H2,1H3. The number of nitrogens with two attached hydrogens (primary N) is 1. The molecule has 0 amide bonds. The minimum Gasteiger partial charge on any atom is -0.399 e. The van der Waals surface area contributed by atoms with Gasteiger partial charge in [-0.15, -0.1) is 0 Å². The summed E-state index contributed by atoms with van der Waals surface area (Å²) in [5.41, 5.74) is 5.28. The fraction of sp³-hybridized carbons (Fsp3) is 0.500. The molecule has 0 bridgehead atoms. The van der Waals surface area contributed by atoms with E-state index in [0.717, 1.165) is 0 Å². The topological polar surface area (TPSA) is 83.6 Å². The molecule has 0 aliphatic carbocycles. The fourth-order valence-electron chi connectivity index (χ4n) is 2.07. The van der Waals surface area contributed by atoms with Gasteiger partial charge in [0.15, 0.2) is 0 Å². The largest absolute Gasteiger partial charge is 0.399 e. The zero-order valence-corrected chi connectivity index (χ0v) is 13.0. The molecule has 1 aromatic carbocycles. The number of rotatable bonds is 2. The molecule has 7 heteroatoms. The summed E-state index contributed by atoms with van der Waals surface area (Å²) >= 11 is 3.24. The molecular weight excluding hydrogens is 332 g/mol. The molecule has 1 fully saturated rings. The zero-order valence-electron chi connectivity index (χ0n) is 10.6. The van der Waals surface area contributed by atoms with Crippen molar-refractivity contribution in [1.29, 1.82) is 0 Å². The molecule has 0 saturated carbocycles. The number of piperidine rings is 1. The molecule has 0 spiro atoms. The van der Waals surface area contributed by atoms with E-state index in [1.165, 1.54) is 10.4 Å². The number of hydrogen-bond acceptors (Lipinski definition) is 4. The fourth-order valence-corrected chi connectivity index (χ4v) is 4.47. The first kappa shape index (κ1) is 14.8. The van der Waals surface area contributed by atoms with Crippen molar-refractivity contribution in [3.63, 3.8) is 0 Å². The van der Waals surface area contributed by atoms with Crippen LogP contribution in [0.1, 0.15) is 19.8 Å². The lowest BCUT2D eigenvalue weighted by Crippen LogP contribution is -2.45. The summed E-state index contributed by atoms with van der Waals surface area (Å²) in [5, 5.41) is 9.88. The van der Waals surface area contributed by atoms with Gasteiger partial charge in [0, 0.05) is 23.2 Å². The van der Waals surface area contributed by atoms with Crippen LogP contribution in [0.15, 0.2) is 27.6 Å². The maximum Gasteiger partial charge on any atom is 0.244 e. The van der Waals surface area contributed by atoms with Crippen LogP contribution in [0, 0.1) is 0 Å². The number of halogens is 1. The monoisotopic (exact) mass is 348 g/mol. The van der Waals surface area contributed by atoms with Crippen LogP contribution in [-0.2, 0) is 10.0 Å². The van der Waals surface area contributed by atoms with Gasteiger partial charge in [0.2, 0.25) is 10.0 Å². The summed E-state index contributed by atoms with van der Waals surface area (Å²) < 4.78 is 27.0. The van der Waals surface area contributed by atoms with Gasteiger partial charge >= 0.3 is 0 Å². The third-order valence-electron chi connectivity index (χ3n) is 3.37. The Morgan fingerprint density at radius 3 is 2.53 bits per heavy atom. The molecule has 1 aliphatic heterocycles. The minimum absolute atomic E-state index is 0.175. The van der Waals surface area contributed by atoms with Gasteiger partial charge in [-0.05, 0) is 53.9 Å². The second kappa shape index (κ2) is 5.05. The van der Waals surface area contributed by atoms with E-state index in [9.17, 15) is 13.5 Å². The van der Waals surface area contributed by atoms with E-state index in [2.05, 4.69) is 15.9 Å². The Kier molecular flexibility index (Phi) is 3.92. The lowest BCUT2D eigenvalue weighted by molar-refractivity contribution is 0.0126. The molecule has 1 saturated heterocycles. The SMILES string of the molecule is CC1(O)CCN(S(=O)(=O)c2cc(N)ccc2Br)CC1. The van der Waals surface area contributed by atoms with Gasteiger partial charge in [-0.1, -0.05) is 0 Å². The Balaban J connectivity index is 2.31. The normalized spacial score (nSPS) is 20.4. The molecule has 1 aliphatic rings. The molecule has 0 atom stereocenters. The predicted molar refractivity (Wildman–Crippen MR) is 77.2 cm³/mol. The number of anilines is 1. The molecule has 19 heavy (non-hydrogen) atoms. The van der Waals surface area contributed by atoms with Crippen LogP contribution in [0.3, 0.4) is 0 Å². The highest BCUT2D eigenvalue weighted by Crippen LogP contribution is 2.30. The third-order valence-corrected chi connectivity index (χ3v) is 6.27. The van der Waals surface area contributed by atoms with Gasteiger partial charge in [0.1, 0.15) is 0 Å². The predicted octanol–water partition coefficient (Wildman–Crippen LogP) is 1.57. The van der Waals surface area contributed by atoms with Crippen molar-refractivity contribution in [2.24, 2.45) is 0 Å². The highest BCUT2D eigenvalue weighted by molar-refractivity contribution is 9.10. The molecule has 2 rings (SSSR count). The number of nitrogen functional groups attached to an aromatic ring is 1. The first-order valence-corrected chi connectivity index (χ1v) is 8.23. The Labute approximate surface area is 121 Å². The van der Waals surface area contributed by atoms with Crippen LogP contribution in [0.4, 0.5) is 5.69 Å². The van der Waals surface area contributed by atoms with E-state index in [-0.39, 0.29) is 4.90 Å². The zero-order chi connectivity index (χ0) is 14.3. The lowest BCUT2D eigenvalue weighted by Gasteiger charge is -2.35. The van der Waals surface area contributed by atoms with Crippen LogP contribution in [-0.4, -0.2) is 36.5 Å². The molecule has 3 N–H and O–H groups in total. The van der Waals surface area contributed by atoms with Crippen molar-refractivity contribution in [1.82, 2.24) is 4.31 Å². The Hall–Kier alpha value is -0.630. The summed E-state index contributed by atoms with van der Waals surface area (Å²) in [7, 11) is -3.57. The molecule has 106 valence electrons. The van der Waals surface area contributed by atoms with Crippen LogP contribution in [0.5, 0.6) is 0 Å². The molecule has 0 unspecified atom stereocenters. The quantitative estimate of drug-likeness (QED) is 0.794. The summed E-state index contributed by atoms with van der Waals surface area (Å²) in [4.78, 5) is 0.175. The van der Waals surface area contributed by atoms with Gasteiger partial charge in [-0.2, -0.15) is 4.31 Å². The molecule has 1 aromatic rings. The summed E-state index contributed by atoms with van der Waals surface area (Å²) in [6, 6.07) is 4.72. The summed E-state index contributed by atoms with van der Waals surface area (Å²) in [6.45, 7) is 2.36. The van der Waals surface area contributed by atoms with Gasteiger partial charge < -0.3 is 10.8 Å². The van der Waals surface area contributed by atoms with E-state index < -0.39 is 15.6 Å². The maximum atomic E-state index is 12.5. The molecule has 0 aromatic heterocycles. The Morgan fingerprint density at radius 2 is 1.95 bits per heavy atom. The number of aliphatic hydroxyl groups is 1. The van der Waals surface area contributed by atoms with Crippen molar-refractivity contribution in [3.8, 4) is 0 Å². The number of hydrogen-bond donors (Lipinski definition) is 2. The molecule has 0 radical (unpaired) electrons.